The Hall–Kier alpha value is -3.15. The van der Waals surface area contributed by atoms with E-state index in [-0.39, 0.29) is 28.6 Å². The molecule has 2 aromatic carbocycles. The van der Waals surface area contributed by atoms with E-state index < -0.39 is 11.5 Å². The Morgan fingerprint density at radius 3 is 2.55 bits per heavy atom. The lowest BCUT2D eigenvalue weighted by molar-refractivity contribution is 0.101. The van der Waals surface area contributed by atoms with Crippen LogP contribution in [0.25, 0.3) is 6.08 Å². The molecule has 3 rings (SSSR count). The maximum atomic E-state index is 12.2. The molecule has 0 saturated carbocycles. The fourth-order valence-electron chi connectivity index (χ4n) is 2.18. The van der Waals surface area contributed by atoms with Gasteiger partial charge in [-0.05, 0) is 35.9 Å². The number of ketones is 1. The van der Waals surface area contributed by atoms with E-state index in [4.69, 9.17) is 9.47 Å². The number of allylic oxidation sites excluding steroid dienone is 1. The van der Waals surface area contributed by atoms with Gasteiger partial charge >= 0.3 is 0 Å². The molecule has 0 fully saturated rings. The van der Waals surface area contributed by atoms with Crippen LogP contribution < -0.4 is 9.47 Å². The average molecular weight is 300 g/mol. The van der Waals surface area contributed by atoms with Gasteiger partial charge in [-0.25, -0.2) is 0 Å². The molecule has 0 aliphatic carbocycles. The number of carbonyl (C=O) groups is 1. The molecule has 6 nitrogen and oxygen atoms in total. The Balaban J connectivity index is 1.99. The number of methoxy groups -OCH3 is 1. The summed E-state index contributed by atoms with van der Waals surface area (Å²) in [6.07, 6.45) is 1.43. The Labute approximate surface area is 125 Å². The minimum Gasteiger partial charge on any atom is -0.504 e. The van der Waals surface area contributed by atoms with Gasteiger partial charge in [-0.15, -0.1) is 0 Å². The van der Waals surface area contributed by atoms with Crippen LogP contribution in [0.2, 0.25) is 0 Å². The number of hydrogen-bond donors (Lipinski definition) is 3. The van der Waals surface area contributed by atoms with Crippen molar-refractivity contribution in [3.8, 4) is 28.7 Å². The first kappa shape index (κ1) is 13.8. The van der Waals surface area contributed by atoms with Crippen molar-refractivity contribution < 1.29 is 29.6 Å². The fraction of sp³-hybridized carbons (Fsp3) is 0.0625. The normalized spacial score (nSPS) is 14.8. The third-order valence-electron chi connectivity index (χ3n) is 3.29. The number of ether oxygens (including phenoxy) is 2. The first-order valence-electron chi connectivity index (χ1n) is 6.37. The van der Waals surface area contributed by atoms with Crippen LogP contribution in [0.3, 0.4) is 0 Å². The van der Waals surface area contributed by atoms with E-state index in [0.717, 1.165) is 0 Å². The number of benzene rings is 2. The van der Waals surface area contributed by atoms with E-state index in [1.807, 2.05) is 0 Å². The number of rotatable bonds is 2. The van der Waals surface area contributed by atoms with E-state index in [0.29, 0.717) is 11.3 Å². The lowest BCUT2D eigenvalue weighted by atomic mass is 10.1. The molecule has 1 heterocycles. The second-order valence-corrected chi connectivity index (χ2v) is 4.68. The molecular formula is C16H12O6. The largest absolute Gasteiger partial charge is 0.504 e. The molecule has 0 aromatic heterocycles. The van der Waals surface area contributed by atoms with Crippen LogP contribution in [0.1, 0.15) is 15.9 Å². The molecule has 112 valence electrons. The maximum absolute atomic E-state index is 12.2. The molecule has 22 heavy (non-hydrogen) atoms. The summed E-state index contributed by atoms with van der Waals surface area (Å²) in [5, 5.41) is 28.9. The van der Waals surface area contributed by atoms with Crippen LogP contribution in [-0.4, -0.2) is 28.2 Å². The average Bonchev–Trinajstić information content (AvgIpc) is 2.81. The van der Waals surface area contributed by atoms with Gasteiger partial charge in [-0.2, -0.15) is 0 Å². The lowest BCUT2D eigenvalue weighted by Crippen LogP contribution is -1.98. The van der Waals surface area contributed by atoms with Gasteiger partial charge in [0.15, 0.2) is 28.8 Å². The molecule has 1 aliphatic rings. The van der Waals surface area contributed by atoms with Gasteiger partial charge in [0.05, 0.1) is 12.7 Å². The number of phenols is 3. The van der Waals surface area contributed by atoms with Gasteiger partial charge in [0.1, 0.15) is 0 Å². The highest BCUT2D eigenvalue weighted by molar-refractivity contribution is 6.15. The fourth-order valence-corrected chi connectivity index (χ4v) is 2.18. The zero-order valence-corrected chi connectivity index (χ0v) is 11.5. The van der Waals surface area contributed by atoms with Crippen LogP contribution in [0.5, 0.6) is 28.7 Å². The molecule has 0 spiro atoms. The van der Waals surface area contributed by atoms with Crippen molar-refractivity contribution in [3.05, 3.63) is 47.2 Å². The van der Waals surface area contributed by atoms with Crippen LogP contribution in [0.4, 0.5) is 0 Å². The Bertz CT molecular complexity index is 807. The smallest absolute Gasteiger partial charge is 0.232 e. The lowest BCUT2D eigenvalue weighted by Gasteiger charge is -2.04. The summed E-state index contributed by atoms with van der Waals surface area (Å²) in [5.41, 5.74) is 0.692. The second-order valence-electron chi connectivity index (χ2n) is 4.68. The number of fused-ring (bicyclic) bond motifs is 1. The zero-order valence-electron chi connectivity index (χ0n) is 11.5. The summed E-state index contributed by atoms with van der Waals surface area (Å²) in [4.78, 5) is 12.2. The predicted molar refractivity (Wildman–Crippen MR) is 77.4 cm³/mol. The van der Waals surface area contributed by atoms with E-state index >= 15 is 0 Å². The monoisotopic (exact) mass is 300 g/mol. The van der Waals surface area contributed by atoms with Crippen LogP contribution in [0, 0.1) is 0 Å². The quantitative estimate of drug-likeness (QED) is 0.582. The third-order valence-corrected chi connectivity index (χ3v) is 3.29. The van der Waals surface area contributed by atoms with E-state index in [1.165, 1.54) is 31.4 Å². The van der Waals surface area contributed by atoms with E-state index in [1.54, 1.807) is 12.1 Å². The molecular weight excluding hydrogens is 288 g/mol. The molecule has 1 aliphatic heterocycles. The predicted octanol–water partition coefficient (Wildman–Crippen LogP) is 2.43. The highest BCUT2D eigenvalue weighted by atomic mass is 16.5. The summed E-state index contributed by atoms with van der Waals surface area (Å²) in [6, 6.07) is 7.21. The van der Waals surface area contributed by atoms with Crippen LogP contribution in [-0.2, 0) is 0 Å². The molecule has 6 heteroatoms. The third kappa shape index (κ3) is 2.10. The summed E-state index contributed by atoms with van der Waals surface area (Å²) in [7, 11) is 1.43. The minimum atomic E-state index is -0.480. The number of hydrogen-bond acceptors (Lipinski definition) is 6. The summed E-state index contributed by atoms with van der Waals surface area (Å²) < 4.78 is 10.3. The zero-order chi connectivity index (χ0) is 15.9. The van der Waals surface area contributed by atoms with Crippen molar-refractivity contribution in [2.75, 3.05) is 7.11 Å². The molecule has 0 saturated heterocycles. The molecule has 2 aromatic rings. The maximum Gasteiger partial charge on any atom is 0.232 e. The standard InChI is InChI=1S/C16H12O6/c1-21-12-5-2-8(6-11(12)18)7-13-14(19)9-3-4-10(17)15(20)16(9)22-13/h2-7,17-18,20H,1H3/b13-7-. The Kier molecular flexibility index (Phi) is 3.14. The number of aromatic hydroxyl groups is 3. The Morgan fingerprint density at radius 1 is 1.09 bits per heavy atom. The van der Waals surface area contributed by atoms with Crippen LogP contribution >= 0.6 is 0 Å². The molecule has 0 atom stereocenters. The molecule has 0 bridgehead atoms. The number of carbonyl (C=O) groups excluding carboxylic acids is 1. The van der Waals surface area contributed by atoms with Gasteiger partial charge in [-0.1, -0.05) is 6.07 Å². The topological polar surface area (TPSA) is 96.2 Å². The van der Waals surface area contributed by atoms with Gasteiger partial charge in [0.25, 0.3) is 0 Å². The summed E-state index contributed by atoms with van der Waals surface area (Å²) in [6.45, 7) is 0. The molecule has 0 amide bonds. The van der Waals surface area contributed by atoms with Crippen molar-refractivity contribution >= 4 is 11.9 Å². The molecule has 0 unspecified atom stereocenters. The first-order valence-corrected chi connectivity index (χ1v) is 6.37. The van der Waals surface area contributed by atoms with E-state index in [2.05, 4.69) is 0 Å². The SMILES string of the molecule is COc1ccc(/C=C2\Oc3c(ccc(O)c3O)C2=O)cc1O. The van der Waals surface area contributed by atoms with Crippen molar-refractivity contribution in [2.24, 2.45) is 0 Å². The number of phenolic OH excluding ortho intramolecular Hbond substituents is 3. The van der Waals surface area contributed by atoms with Crippen LogP contribution in [0.15, 0.2) is 36.1 Å². The second kappa shape index (κ2) is 5.00. The van der Waals surface area contributed by atoms with E-state index in [9.17, 15) is 20.1 Å². The van der Waals surface area contributed by atoms with Gasteiger partial charge in [-0.3, -0.25) is 4.79 Å². The number of Topliss-reactive ketones (excluding diaryl/α,β-unsaturated/α-hetero) is 1. The highest BCUT2D eigenvalue weighted by Crippen LogP contribution is 2.44. The van der Waals surface area contributed by atoms with Gasteiger partial charge < -0.3 is 24.8 Å². The van der Waals surface area contributed by atoms with Crippen molar-refractivity contribution in [1.29, 1.82) is 0 Å². The Morgan fingerprint density at radius 2 is 1.86 bits per heavy atom. The minimum absolute atomic E-state index is 0.0135. The van der Waals surface area contributed by atoms with Crippen molar-refractivity contribution in [2.45, 2.75) is 0 Å². The molecule has 0 radical (unpaired) electrons. The van der Waals surface area contributed by atoms with Crippen molar-refractivity contribution in [3.63, 3.8) is 0 Å². The summed E-state index contributed by atoms with van der Waals surface area (Å²) in [5.74, 6) is -1.11. The highest BCUT2D eigenvalue weighted by Gasteiger charge is 2.31. The van der Waals surface area contributed by atoms with Gasteiger partial charge in [0.2, 0.25) is 11.5 Å². The first-order chi connectivity index (χ1) is 10.5. The van der Waals surface area contributed by atoms with Crippen molar-refractivity contribution in [1.82, 2.24) is 0 Å². The molecule has 3 N–H and O–H groups in total. The van der Waals surface area contributed by atoms with Gasteiger partial charge in [0, 0.05) is 0 Å². The summed E-state index contributed by atoms with van der Waals surface area (Å²) >= 11 is 0.